The van der Waals surface area contributed by atoms with E-state index in [1.165, 1.54) is 16.7 Å². The van der Waals surface area contributed by atoms with E-state index in [2.05, 4.69) is 73.8 Å². The van der Waals surface area contributed by atoms with Gasteiger partial charge in [0, 0.05) is 14.0 Å². The van der Waals surface area contributed by atoms with Crippen LogP contribution >= 0.6 is 0 Å². The first-order valence-corrected chi connectivity index (χ1v) is 7.08. The van der Waals surface area contributed by atoms with Crippen LogP contribution in [-0.4, -0.2) is 12.6 Å². The highest BCUT2D eigenvalue weighted by Gasteiger charge is 2.04. The van der Waals surface area contributed by atoms with Crippen LogP contribution in [0.5, 0.6) is 0 Å². The van der Waals surface area contributed by atoms with Gasteiger partial charge < -0.3 is 5.32 Å². The van der Waals surface area contributed by atoms with Gasteiger partial charge in [-0.1, -0.05) is 74.1 Å². The van der Waals surface area contributed by atoms with E-state index in [0.717, 1.165) is 19.4 Å². The number of hydrogen-bond donors (Lipinski definition) is 1. The highest BCUT2D eigenvalue weighted by atomic mass is 14.9. The largest absolute Gasteiger partial charge is 0.311 e. The van der Waals surface area contributed by atoms with Crippen molar-refractivity contribution in [3.63, 3.8) is 0 Å². The van der Waals surface area contributed by atoms with Crippen molar-refractivity contribution in [1.29, 1.82) is 0 Å². The Hall–Kier alpha value is -1.60. The molecule has 1 nitrogen and oxygen atoms in total. The zero-order valence-corrected chi connectivity index (χ0v) is 11.9. The summed E-state index contributed by atoms with van der Waals surface area (Å²) in [5.41, 5.74) is 4.16. The molecule has 1 heteroatoms. The molecule has 0 spiro atoms. The van der Waals surface area contributed by atoms with Crippen LogP contribution in [-0.2, 0) is 0 Å². The topological polar surface area (TPSA) is 12.0 Å². The Morgan fingerprint density at radius 3 is 2.79 bits per heavy atom. The van der Waals surface area contributed by atoms with E-state index in [1.807, 2.05) is 0 Å². The van der Waals surface area contributed by atoms with Crippen molar-refractivity contribution in [2.45, 2.75) is 32.7 Å². The smallest absolute Gasteiger partial charge is 0.0173 e. The van der Waals surface area contributed by atoms with Crippen molar-refractivity contribution >= 4 is 0 Å². The molecule has 0 unspecified atom stereocenters. The molecule has 19 heavy (non-hydrogen) atoms. The van der Waals surface area contributed by atoms with E-state index >= 15 is 0 Å². The predicted octanol–water partition coefficient (Wildman–Crippen LogP) is 4.49. The zero-order chi connectivity index (χ0) is 13.5. The zero-order valence-electron chi connectivity index (χ0n) is 11.9. The minimum absolute atomic E-state index is 0. The van der Waals surface area contributed by atoms with Crippen LogP contribution in [0.1, 0.15) is 28.1 Å². The van der Waals surface area contributed by atoms with Gasteiger partial charge in [-0.25, -0.2) is 0 Å². The molecule has 2 rings (SSSR count). The molecule has 0 aromatic heterocycles. The van der Waals surface area contributed by atoms with Gasteiger partial charge in [-0.05, 0) is 24.0 Å². The Morgan fingerprint density at radius 2 is 1.95 bits per heavy atom. The first-order valence-electron chi connectivity index (χ1n) is 7.08. The number of rotatable bonds is 4. The molecule has 0 bridgehead atoms. The summed E-state index contributed by atoms with van der Waals surface area (Å²) >= 11 is 0. The lowest BCUT2D eigenvalue weighted by Gasteiger charge is -2.09. The van der Waals surface area contributed by atoms with Crippen molar-refractivity contribution in [1.82, 2.24) is 5.32 Å². The monoisotopic (exact) mass is 255 g/mol. The van der Waals surface area contributed by atoms with Crippen LogP contribution in [0.25, 0.3) is 0 Å². The van der Waals surface area contributed by atoms with Crippen LogP contribution in [0.4, 0.5) is 0 Å². The fourth-order valence-corrected chi connectivity index (χ4v) is 2.14. The highest BCUT2D eigenvalue weighted by Crippen LogP contribution is 2.21. The molecule has 0 amide bonds. The van der Waals surface area contributed by atoms with Gasteiger partial charge in [0.1, 0.15) is 0 Å². The van der Waals surface area contributed by atoms with Gasteiger partial charge in [0.2, 0.25) is 0 Å². The molecule has 0 atom stereocenters. The summed E-state index contributed by atoms with van der Waals surface area (Å²) in [6.07, 6.45) is 21.8. The van der Waals surface area contributed by atoms with Crippen molar-refractivity contribution in [3.05, 3.63) is 71.4 Å². The lowest BCUT2D eigenvalue weighted by molar-refractivity contribution is 0.618. The van der Waals surface area contributed by atoms with E-state index in [0.29, 0.717) is 6.04 Å². The van der Waals surface area contributed by atoms with E-state index in [1.54, 1.807) is 0 Å². The average molecular weight is 255 g/mol. The molecule has 2 aliphatic carbocycles. The predicted molar refractivity (Wildman–Crippen MR) is 86.2 cm³/mol. The lowest BCUT2D eigenvalue weighted by Crippen LogP contribution is -2.24. The first-order chi connectivity index (χ1) is 9.25. The third-order valence-corrected chi connectivity index (χ3v) is 3.28. The van der Waals surface area contributed by atoms with Crippen molar-refractivity contribution in [3.8, 4) is 0 Å². The molecular formula is C18H25N. The second-order valence-electron chi connectivity index (χ2n) is 5.30. The molecule has 0 aliphatic heterocycles. The van der Waals surface area contributed by atoms with Crippen molar-refractivity contribution in [2.75, 3.05) is 6.54 Å². The Balaban J connectivity index is 0.00000200. The van der Waals surface area contributed by atoms with Gasteiger partial charge in [-0.15, -0.1) is 0 Å². The van der Waals surface area contributed by atoms with Crippen molar-refractivity contribution < 1.29 is 1.43 Å². The van der Waals surface area contributed by atoms with Crippen molar-refractivity contribution in [2.24, 2.45) is 0 Å². The molecule has 0 saturated carbocycles. The van der Waals surface area contributed by atoms with E-state index in [9.17, 15) is 0 Å². The summed E-state index contributed by atoms with van der Waals surface area (Å²) in [4.78, 5) is 0. The van der Waals surface area contributed by atoms with Crippen LogP contribution in [0, 0.1) is 0 Å². The number of hydrogen-bond acceptors (Lipinski definition) is 1. The van der Waals surface area contributed by atoms with Gasteiger partial charge in [0.25, 0.3) is 0 Å². The van der Waals surface area contributed by atoms with Gasteiger partial charge in [0.05, 0.1) is 0 Å². The van der Waals surface area contributed by atoms with E-state index in [4.69, 9.17) is 0 Å². The summed E-state index contributed by atoms with van der Waals surface area (Å²) in [7, 11) is 0. The number of allylic oxidation sites excluding steroid dienone is 11. The number of nitrogens with one attached hydrogen (secondary N) is 1. The van der Waals surface area contributed by atoms with E-state index in [-0.39, 0.29) is 1.43 Å². The summed E-state index contributed by atoms with van der Waals surface area (Å²) in [6.45, 7) is 5.34. The van der Waals surface area contributed by atoms with Crippen LogP contribution in [0.3, 0.4) is 0 Å². The normalized spacial score (nSPS) is 18.8. The fraction of sp³-hybridized carbons (Fsp3) is 0.333. The van der Waals surface area contributed by atoms with E-state index < -0.39 is 0 Å². The Bertz CT molecular complexity index is 488. The maximum absolute atomic E-state index is 3.48. The minimum atomic E-state index is 0. The maximum atomic E-state index is 3.48. The van der Waals surface area contributed by atoms with Gasteiger partial charge >= 0.3 is 0 Å². The van der Waals surface area contributed by atoms with Crippen LogP contribution in [0.2, 0.25) is 0 Å². The molecule has 0 heterocycles. The Labute approximate surface area is 118 Å². The minimum Gasteiger partial charge on any atom is -0.311 e. The summed E-state index contributed by atoms with van der Waals surface area (Å²) in [6, 6.07) is 0.538. The summed E-state index contributed by atoms with van der Waals surface area (Å²) in [5, 5.41) is 3.48. The fourth-order valence-electron chi connectivity index (χ4n) is 2.14. The second kappa shape index (κ2) is 7.10. The molecule has 0 aromatic carbocycles. The van der Waals surface area contributed by atoms with Crippen LogP contribution < -0.4 is 5.32 Å². The highest BCUT2D eigenvalue weighted by molar-refractivity contribution is 5.47. The first kappa shape index (κ1) is 13.8. The molecule has 0 aromatic rings. The maximum Gasteiger partial charge on any atom is 0.0173 e. The Kier molecular flexibility index (Phi) is 5.17. The SMILES string of the molecule is CC(C)NCC1=CC=C(C2=CC=CC=CC2)C=CC1.[HH]. The molecule has 102 valence electrons. The lowest BCUT2D eigenvalue weighted by atomic mass is 10.0. The standard InChI is InChI=1S/C18H23N.H2/c1-15(2)19-14-16-8-7-11-18(13-12-16)17-9-5-3-4-6-10-17;/h3-7,9,11-13,15,19H,8,10,14H2,1-2H3;1H. The Morgan fingerprint density at radius 1 is 1.05 bits per heavy atom. The van der Waals surface area contributed by atoms with Gasteiger partial charge in [0.15, 0.2) is 0 Å². The molecule has 0 saturated heterocycles. The molecule has 0 radical (unpaired) electrons. The van der Waals surface area contributed by atoms with Gasteiger partial charge in [-0.2, -0.15) is 0 Å². The van der Waals surface area contributed by atoms with Crippen LogP contribution in [0.15, 0.2) is 71.4 Å². The average Bonchev–Trinajstić information content (AvgIpc) is 2.78. The summed E-state index contributed by atoms with van der Waals surface area (Å²) in [5.74, 6) is 0. The quantitative estimate of drug-likeness (QED) is 0.780. The second-order valence-corrected chi connectivity index (χ2v) is 5.30. The third kappa shape index (κ3) is 4.53. The molecular weight excluding hydrogens is 230 g/mol. The third-order valence-electron chi connectivity index (χ3n) is 3.28. The molecule has 0 fully saturated rings. The van der Waals surface area contributed by atoms with Gasteiger partial charge in [-0.3, -0.25) is 0 Å². The molecule has 2 aliphatic rings. The summed E-state index contributed by atoms with van der Waals surface area (Å²) < 4.78 is 0. The molecule has 1 N–H and O–H groups in total.